The molecule has 1 N–H and O–H groups in total. The van der Waals surface area contributed by atoms with E-state index in [4.69, 9.17) is 4.74 Å². The van der Waals surface area contributed by atoms with Crippen LogP contribution in [0.2, 0.25) is 0 Å². The van der Waals surface area contributed by atoms with Gasteiger partial charge >= 0.3 is 5.97 Å². The molecule has 0 radical (unpaired) electrons. The van der Waals surface area contributed by atoms with Crippen molar-refractivity contribution in [2.24, 2.45) is 5.92 Å². The normalized spacial score (nSPS) is 11.6. The number of esters is 1. The molecule has 0 saturated heterocycles. The average molecular weight is 306 g/mol. The number of phenolic OH excluding ortho intramolecular Hbond substituents is 1. The zero-order valence-electron chi connectivity index (χ0n) is 13.9. The predicted molar refractivity (Wildman–Crippen MR) is 87.4 cm³/mol. The van der Waals surface area contributed by atoms with Gasteiger partial charge in [0.25, 0.3) is 0 Å². The molecule has 0 aromatic heterocycles. The minimum Gasteiger partial charge on any atom is -0.507 e. The van der Waals surface area contributed by atoms with Crippen molar-refractivity contribution < 1.29 is 19.4 Å². The molecule has 0 aliphatic heterocycles. The summed E-state index contributed by atoms with van der Waals surface area (Å²) in [6.07, 6.45) is 5.44. The van der Waals surface area contributed by atoms with Gasteiger partial charge in [0.2, 0.25) is 0 Å². The van der Waals surface area contributed by atoms with Crippen LogP contribution in [-0.2, 0) is 4.74 Å². The Morgan fingerprint density at radius 3 is 2.64 bits per heavy atom. The maximum absolute atomic E-state index is 11.4. The molecule has 0 aliphatic rings. The van der Waals surface area contributed by atoms with Crippen molar-refractivity contribution >= 4 is 5.97 Å². The molecular weight excluding hydrogens is 280 g/mol. The van der Waals surface area contributed by atoms with Gasteiger partial charge in [-0.25, -0.2) is 4.79 Å². The Kier molecular flexibility index (Phi) is 7.50. The molecule has 0 fully saturated rings. The first-order chi connectivity index (χ1) is 10.4. The number of allylic oxidation sites excluding steroid dienone is 2. The Bertz CT molecular complexity index is 516. The number of ether oxygens (including phenoxy) is 2. The standard InChI is InChI=1S/C18H26O4/c1-13(2)6-5-7-14(3)10-11-22-15-8-9-16(17(19)12-15)18(20)21-4/h6,8-9,12,14,19H,5,7,10-11H2,1-4H3. The Morgan fingerprint density at radius 1 is 1.32 bits per heavy atom. The van der Waals surface area contributed by atoms with Gasteiger partial charge in [-0.3, -0.25) is 0 Å². The number of phenols is 1. The van der Waals surface area contributed by atoms with Crippen LogP contribution in [0, 0.1) is 5.92 Å². The van der Waals surface area contributed by atoms with Gasteiger partial charge in [0, 0.05) is 6.07 Å². The van der Waals surface area contributed by atoms with Crippen LogP contribution in [0.25, 0.3) is 0 Å². The van der Waals surface area contributed by atoms with Gasteiger partial charge in [0.15, 0.2) is 0 Å². The van der Waals surface area contributed by atoms with Gasteiger partial charge in [-0.15, -0.1) is 0 Å². The Balaban J connectivity index is 2.40. The predicted octanol–water partition coefficient (Wildman–Crippen LogP) is 4.33. The molecular formula is C18H26O4. The summed E-state index contributed by atoms with van der Waals surface area (Å²) < 4.78 is 10.2. The minimum atomic E-state index is -0.558. The van der Waals surface area contributed by atoms with Gasteiger partial charge in [-0.1, -0.05) is 18.6 Å². The second kappa shape index (κ2) is 9.13. The quantitative estimate of drug-likeness (QED) is 0.573. The topological polar surface area (TPSA) is 55.8 Å². The fourth-order valence-corrected chi connectivity index (χ4v) is 2.06. The monoisotopic (exact) mass is 306 g/mol. The van der Waals surface area contributed by atoms with Crippen LogP contribution in [-0.4, -0.2) is 24.8 Å². The molecule has 1 atom stereocenters. The molecule has 0 spiro atoms. The fourth-order valence-electron chi connectivity index (χ4n) is 2.06. The van der Waals surface area contributed by atoms with E-state index in [-0.39, 0.29) is 11.3 Å². The fraction of sp³-hybridized carbons (Fsp3) is 0.500. The summed E-state index contributed by atoms with van der Waals surface area (Å²) in [4.78, 5) is 11.4. The second-order valence-corrected chi connectivity index (χ2v) is 5.77. The van der Waals surface area contributed by atoms with E-state index in [1.165, 1.54) is 24.8 Å². The lowest BCUT2D eigenvalue weighted by Crippen LogP contribution is -2.05. The third-order valence-corrected chi connectivity index (χ3v) is 3.47. The van der Waals surface area contributed by atoms with Crippen LogP contribution < -0.4 is 4.74 Å². The first kappa shape index (κ1) is 18.1. The lowest BCUT2D eigenvalue weighted by molar-refractivity contribution is 0.0597. The summed E-state index contributed by atoms with van der Waals surface area (Å²) in [6, 6.07) is 4.62. The molecule has 1 aromatic rings. The molecule has 0 saturated carbocycles. The molecule has 1 aromatic carbocycles. The zero-order chi connectivity index (χ0) is 16.5. The number of benzene rings is 1. The van der Waals surface area contributed by atoms with E-state index in [1.807, 2.05) is 0 Å². The van der Waals surface area contributed by atoms with Crippen LogP contribution in [0.4, 0.5) is 0 Å². The molecule has 4 nitrogen and oxygen atoms in total. The molecule has 1 unspecified atom stereocenters. The van der Waals surface area contributed by atoms with E-state index in [9.17, 15) is 9.90 Å². The van der Waals surface area contributed by atoms with E-state index in [1.54, 1.807) is 6.07 Å². The lowest BCUT2D eigenvalue weighted by atomic mass is 10.0. The van der Waals surface area contributed by atoms with E-state index < -0.39 is 5.97 Å². The molecule has 0 heterocycles. The summed E-state index contributed by atoms with van der Waals surface area (Å²) in [5.74, 6) is 0.457. The molecule has 4 heteroatoms. The zero-order valence-corrected chi connectivity index (χ0v) is 13.9. The highest BCUT2D eigenvalue weighted by Gasteiger charge is 2.12. The van der Waals surface area contributed by atoms with Crippen LogP contribution in [0.1, 0.15) is 50.4 Å². The third kappa shape index (κ3) is 6.20. The maximum Gasteiger partial charge on any atom is 0.341 e. The lowest BCUT2D eigenvalue weighted by Gasteiger charge is -2.12. The summed E-state index contributed by atoms with van der Waals surface area (Å²) in [5, 5.41) is 9.78. The van der Waals surface area contributed by atoms with Gasteiger partial charge in [-0.05, 0) is 51.2 Å². The van der Waals surface area contributed by atoms with Crippen molar-refractivity contribution in [2.45, 2.75) is 40.0 Å². The van der Waals surface area contributed by atoms with Gasteiger partial charge < -0.3 is 14.6 Å². The average Bonchev–Trinajstić information content (AvgIpc) is 2.46. The van der Waals surface area contributed by atoms with E-state index in [2.05, 4.69) is 31.6 Å². The highest BCUT2D eigenvalue weighted by molar-refractivity contribution is 5.92. The molecule has 0 amide bonds. The molecule has 1 rings (SSSR count). The van der Waals surface area contributed by atoms with E-state index in [0.717, 1.165) is 19.3 Å². The summed E-state index contributed by atoms with van der Waals surface area (Å²) >= 11 is 0. The highest BCUT2D eigenvalue weighted by atomic mass is 16.5. The van der Waals surface area contributed by atoms with Crippen LogP contribution >= 0.6 is 0 Å². The van der Waals surface area contributed by atoms with Gasteiger partial charge in [0.1, 0.15) is 17.1 Å². The van der Waals surface area contributed by atoms with Gasteiger partial charge in [0.05, 0.1) is 13.7 Å². The first-order valence-corrected chi connectivity index (χ1v) is 7.61. The van der Waals surface area contributed by atoms with Crippen molar-refractivity contribution in [1.82, 2.24) is 0 Å². The van der Waals surface area contributed by atoms with Crippen molar-refractivity contribution in [1.29, 1.82) is 0 Å². The van der Waals surface area contributed by atoms with E-state index >= 15 is 0 Å². The highest BCUT2D eigenvalue weighted by Crippen LogP contribution is 2.24. The molecule has 22 heavy (non-hydrogen) atoms. The molecule has 122 valence electrons. The number of methoxy groups -OCH3 is 1. The Hall–Kier alpha value is -1.97. The summed E-state index contributed by atoms with van der Waals surface area (Å²) in [7, 11) is 1.28. The largest absolute Gasteiger partial charge is 0.507 e. The molecule has 0 aliphatic carbocycles. The minimum absolute atomic E-state index is 0.124. The maximum atomic E-state index is 11.4. The van der Waals surface area contributed by atoms with Crippen molar-refractivity contribution in [3.05, 3.63) is 35.4 Å². The summed E-state index contributed by atoms with van der Waals surface area (Å²) in [6.45, 7) is 7.02. The molecule has 0 bridgehead atoms. The van der Waals surface area contributed by atoms with Crippen molar-refractivity contribution in [3.8, 4) is 11.5 Å². The first-order valence-electron chi connectivity index (χ1n) is 7.61. The third-order valence-electron chi connectivity index (χ3n) is 3.47. The van der Waals surface area contributed by atoms with Gasteiger partial charge in [-0.2, -0.15) is 0 Å². The smallest absolute Gasteiger partial charge is 0.341 e. The van der Waals surface area contributed by atoms with E-state index in [0.29, 0.717) is 18.3 Å². The number of hydrogen-bond donors (Lipinski definition) is 1. The van der Waals surface area contributed by atoms with Crippen LogP contribution in [0.3, 0.4) is 0 Å². The Morgan fingerprint density at radius 2 is 2.05 bits per heavy atom. The number of rotatable bonds is 8. The SMILES string of the molecule is COC(=O)c1ccc(OCCC(C)CCC=C(C)C)cc1O. The Labute approximate surface area is 132 Å². The number of carbonyl (C=O) groups is 1. The number of carbonyl (C=O) groups excluding carboxylic acids is 1. The van der Waals surface area contributed by atoms with Crippen LogP contribution in [0.15, 0.2) is 29.8 Å². The number of hydrogen-bond acceptors (Lipinski definition) is 4. The van der Waals surface area contributed by atoms with Crippen molar-refractivity contribution in [3.63, 3.8) is 0 Å². The van der Waals surface area contributed by atoms with Crippen LogP contribution in [0.5, 0.6) is 11.5 Å². The second-order valence-electron chi connectivity index (χ2n) is 5.77. The number of aromatic hydroxyl groups is 1. The summed E-state index contributed by atoms with van der Waals surface area (Å²) in [5.41, 5.74) is 1.49. The van der Waals surface area contributed by atoms with Crippen molar-refractivity contribution in [2.75, 3.05) is 13.7 Å².